The zero-order valence-corrected chi connectivity index (χ0v) is 8.48. The molecule has 0 bridgehead atoms. The number of nitrogens with zero attached hydrogens (tertiary/aromatic N) is 1. The van der Waals surface area contributed by atoms with E-state index in [-0.39, 0.29) is 13.1 Å². The first-order chi connectivity index (χ1) is 6.84. The van der Waals surface area contributed by atoms with E-state index in [4.69, 9.17) is 0 Å². The summed E-state index contributed by atoms with van der Waals surface area (Å²) in [5.41, 5.74) is -1.42. The lowest BCUT2D eigenvalue weighted by molar-refractivity contribution is -0.185. The molecule has 0 spiro atoms. The summed E-state index contributed by atoms with van der Waals surface area (Å²) in [6.45, 7) is 1.75. The standard InChI is InChI=1S/C9H17NO5/c1-9(15)3-10-2-4(11)6(12)5(10)7(13)8(9)14/h4-8,11-15H,2-3H2,1H3. The Bertz CT molecular complexity index is 257. The van der Waals surface area contributed by atoms with Crippen LogP contribution >= 0.6 is 0 Å². The summed E-state index contributed by atoms with van der Waals surface area (Å²) in [5.74, 6) is 0. The Morgan fingerprint density at radius 3 is 2.33 bits per heavy atom. The van der Waals surface area contributed by atoms with E-state index in [1.54, 1.807) is 4.90 Å². The predicted molar refractivity (Wildman–Crippen MR) is 50.0 cm³/mol. The molecule has 6 nitrogen and oxygen atoms in total. The molecule has 0 aromatic rings. The maximum absolute atomic E-state index is 9.82. The van der Waals surface area contributed by atoms with E-state index < -0.39 is 36.1 Å². The molecule has 6 heteroatoms. The van der Waals surface area contributed by atoms with Crippen LogP contribution in [0.3, 0.4) is 0 Å². The third-order valence-corrected chi connectivity index (χ3v) is 3.42. The fourth-order valence-corrected chi connectivity index (χ4v) is 2.56. The van der Waals surface area contributed by atoms with Crippen molar-refractivity contribution >= 4 is 0 Å². The molecule has 2 fully saturated rings. The number of fused-ring (bicyclic) bond motifs is 1. The van der Waals surface area contributed by atoms with Gasteiger partial charge in [0.15, 0.2) is 0 Å². The Morgan fingerprint density at radius 2 is 1.73 bits per heavy atom. The van der Waals surface area contributed by atoms with Gasteiger partial charge < -0.3 is 25.5 Å². The van der Waals surface area contributed by atoms with Crippen molar-refractivity contribution in [1.82, 2.24) is 4.90 Å². The molecule has 2 aliphatic heterocycles. The zero-order chi connectivity index (χ0) is 11.4. The first kappa shape index (κ1) is 11.3. The second-order valence-corrected chi connectivity index (χ2v) is 4.77. The molecule has 2 rings (SSSR count). The Morgan fingerprint density at radius 1 is 1.13 bits per heavy atom. The van der Waals surface area contributed by atoms with Gasteiger partial charge >= 0.3 is 0 Å². The van der Waals surface area contributed by atoms with Gasteiger partial charge in [-0.1, -0.05) is 0 Å². The molecule has 0 radical (unpaired) electrons. The molecule has 2 saturated heterocycles. The van der Waals surface area contributed by atoms with Crippen LogP contribution in [0.5, 0.6) is 0 Å². The van der Waals surface area contributed by atoms with Crippen LogP contribution in [0.1, 0.15) is 6.92 Å². The molecule has 0 amide bonds. The van der Waals surface area contributed by atoms with Crippen LogP contribution in [0.15, 0.2) is 0 Å². The van der Waals surface area contributed by atoms with Crippen molar-refractivity contribution in [2.24, 2.45) is 0 Å². The Kier molecular flexibility index (Phi) is 2.53. The number of rotatable bonds is 0. The second-order valence-electron chi connectivity index (χ2n) is 4.77. The molecule has 6 unspecified atom stereocenters. The molecule has 0 aliphatic carbocycles. The molecule has 2 heterocycles. The molecule has 5 N–H and O–H groups in total. The molecule has 0 aromatic heterocycles. The van der Waals surface area contributed by atoms with Gasteiger partial charge in [0.05, 0.1) is 18.2 Å². The monoisotopic (exact) mass is 219 g/mol. The third kappa shape index (κ3) is 1.57. The van der Waals surface area contributed by atoms with Crippen LogP contribution in [0, 0.1) is 0 Å². The first-order valence-corrected chi connectivity index (χ1v) is 5.03. The van der Waals surface area contributed by atoms with E-state index in [0.29, 0.717) is 0 Å². The summed E-state index contributed by atoms with van der Waals surface area (Å²) in [6, 6.07) is -0.699. The minimum absolute atomic E-state index is 0.129. The highest BCUT2D eigenvalue weighted by molar-refractivity contribution is 5.08. The van der Waals surface area contributed by atoms with Crippen LogP contribution in [0.2, 0.25) is 0 Å². The summed E-state index contributed by atoms with van der Waals surface area (Å²) in [5, 5.41) is 48.2. The minimum Gasteiger partial charge on any atom is -0.389 e. The normalized spacial score (nSPS) is 56.8. The smallest absolute Gasteiger partial charge is 0.111 e. The molecule has 0 saturated carbocycles. The SMILES string of the molecule is CC1(O)CN2CC(O)C(O)C2C(O)C1O. The van der Waals surface area contributed by atoms with Crippen molar-refractivity contribution in [3.8, 4) is 0 Å². The van der Waals surface area contributed by atoms with Gasteiger partial charge in [-0.25, -0.2) is 0 Å². The highest BCUT2D eigenvalue weighted by atomic mass is 16.4. The topological polar surface area (TPSA) is 104 Å². The molecular weight excluding hydrogens is 202 g/mol. The Hall–Kier alpha value is -0.240. The largest absolute Gasteiger partial charge is 0.389 e. The molecule has 15 heavy (non-hydrogen) atoms. The first-order valence-electron chi connectivity index (χ1n) is 5.03. The second kappa shape index (κ2) is 3.38. The van der Waals surface area contributed by atoms with Crippen LogP contribution in [0.25, 0.3) is 0 Å². The third-order valence-electron chi connectivity index (χ3n) is 3.42. The van der Waals surface area contributed by atoms with Gasteiger partial charge in [0.2, 0.25) is 0 Å². The Balaban J connectivity index is 2.24. The van der Waals surface area contributed by atoms with E-state index in [2.05, 4.69) is 0 Å². The average Bonchev–Trinajstić information content (AvgIpc) is 2.38. The highest BCUT2D eigenvalue weighted by Gasteiger charge is 2.55. The van der Waals surface area contributed by atoms with E-state index >= 15 is 0 Å². The number of aliphatic hydroxyl groups is 5. The maximum atomic E-state index is 9.82. The minimum atomic E-state index is -1.42. The van der Waals surface area contributed by atoms with Gasteiger partial charge in [0.25, 0.3) is 0 Å². The van der Waals surface area contributed by atoms with Gasteiger partial charge in [-0.05, 0) is 6.92 Å². The van der Waals surface area contributed by atoms with Gasteiger partial charge in [-0.15, -0.1) is 0 Å². The molecule has 6 atom stereocenters. The zero-order valence-electron chi connectivity index (χ0n) is 8.48. The summed E-state index contributed by atoms with van der Waals surface area (Å²) in [4.78, 5) is 1.60. The fourth-order valence-electron chi connectivity index (χ4n) is 2.56. The summed E-state index contributed by atoms with van der Waals surface area (Å²) >= 11 is 0. The van der Waals surface area contributed by atoms with E-state index in [1.807, 2.05) is 0 Å². The van der Waals surface area contributed by atoms with Crippen molar-refractivity contribution in [2.45, 2.75) is 43.0 Å². The van der Waals surface area contributed by atoms with Crippen molar-refractivity contribution in [3.05, 3.63) is 0 Å². The van der Waals surface area contributed by atoms with Crippen LogP contribution in [-0.2, 0) is 0 Å². The predicted octanol–water partition coefficient (Wildman–Crippen LogP) is -3.12. The number of hydrogen-bond donors (Lipinski definition) is 5. The quantitative estimate of drug-likeness (QED) is 0.295. The lowest BCUT2D eigenvalue weighted by Crippen LogP contribution is -2.66. The Labute approximate surface area is 87.4 Å². The molecule has 88 valence electrons. The van der Waals surface area contributed by atoms with Crippen LogP contribution in [0.4, 0.5) is 0 Å². The summed E-state index contributed by atoms with van der Waals surface area (Å²) in [7, 11) is 0. The molecular formula is C9H17NO5. The molecule has 2 aliphatic rings. The lowest BCUT2D eigenvalue weighted by Gasteiger charge is -2.46. The van der Waals surface area contributed by atoms with Gasteiger partial charge in [-0.2, -0.15) is 0 Å². The van der Waals surface area contributed by atoms with E-state index in [0.717, 1.165) is 0 Å². The average molecular weight is 219 g/mol. The fraction of sp³-hybridized carbons (Fsp3) is 1.00. The van der Waals surface area contributed by atoms with Crippen molar-refractivity contribution in [2.75, 3.05) is 13.1 Å². The lowest BCUT2D eigenvalue weighted by atomic mass is 9.84. The van der Waals surface area contributed by atoms with Crippen molar-refractivity contribution < 1.29 is 25.5 Å². The summed E-state index contributed by atoms with van der Waals surface area (Å²) in [6.07, 6.45) is -4.57. The van der Waals surface area contributed by atoms with E-state index in [9.17, 15) is 25.5 Å². The van der Waals surface area contributed by atoms with Gasteiger partial charge in [0.1, 0.15) is 17.8 Å². The summed E-state index contributed by atoms with van der Waals surface area (Å²) < 4.78 is 0. The van der Waals surface area contributed by atoms with Crippen LogP contribution in [-0.4, -0.2) is 79.6 Å². The number of aliphatic hydroxyl groups excluding tert-OH is 4. The maximum Gasteiger partial charge on any atom is 0.111 e. The van der Waals surface area contributed by atoms with E-state index in [1.165, 1.54) is 6.92 Å². The number of hydrogen-bond acceptors (Lipinski definition) is 6. The number of piperidine rings is 1. The van der Waals surface area contributed by atoms with Crippen LogP contribution < -0.4 is 0 Å². The van der Waals surface area contributed by atoms with Gasteiger partial charge in [0, 0.05) is 13.1 Å². The molecule has 0 aromatic carbocycles. The highest BCUT2D eigenvalue weighted by Crippen LogP contribution is 2.32. The van der Waals surface area contributed by atoms with Crippen molar-refractivity contribution in [3.63, 3.8) is 0 Å². The van der Waals surface area contributed by atoms with Crippen molar-refractivity contribution in [1.29, 1.82) is 0 Å². The van der Waals surface area contributed by atoms with Gasteiger partial charge in [-0.3, -0.25) is 4.90 Å².